The molecule has 5 nitrogen and oxygen atoms in total. The van der Waals surface area contributed by atoms with Gasteiger partial charge in [-0.15, -0.1) is 0 Å². The minimum Gasteiger partial charge on any atom is -0.368 e. The van der Waals surface area contributed by atoms with Crippen molar-refractivity contribution >= 4 is 11.9 Å². The SMILES string of the molecule is Cc1ccccc1CCC(=O)N1Cc2cnc(N)nc2C1. The second-order valence-electron chi connectivity index (χ2n) is 5.38. The molecule has 2 N–H and O–H groups in total. The van der Waals surface area contributed by atoms with Gasteiger partial charge in [0.15, 0.2) is 0 Å². The van der Waals surface area contributed by atoms with Crippen molar-refractivity contribution in [2.45, 2.75) is 32.9 Å². The third-order valence-electron chi connectivity index (χ3n) is 3.90. The number of benzene rings is 1. The zero-order chi connectivity index (χ0) is 14.8. The van der Waals surface area contributed by atoms with E-state index in [0.717, 1.165) is 17.7 Å². The Bertz CT molecular complexity index is 684. The number of hydrogen-bond donors (Lipinski definition) is 1. The monoisotopic (exact) mass is 282 g/mol. The number of rotatable bonds is 3. The van der Waals surface area contributed by atoms with Gasteiger partial charge in [0.1, 0.15) is 0 Å². The molecule has 21 heavy (non-hydrogen) atoms. The van der Waals surface area contributed by atoms with Crippen molar-refractivity contribution in [3.63, 3.8) is 0 Å². The molecule has 0 unspecified atom stereocenters. The lowest BCUT2D eigenvalue weighted by Crippen LogP contribution is -2.25. The summed E-state index contributed by atoms with van der Waals surface area (Å²) in [5.41, 5.74) is 9.90. The van der Waals surface area contributed by atoms with Gasteiger partial charge in [-0.3, -0.25) is 4.79 Å². The minimum absolute atomic E-state index is 0.148. The van der Waals surface area contributed by atoms with E-state index in [2.05, 4.69) is 29.0 Å². The van der Waals surface area contributed by atoms with Crippen LogP contribution in [-0.4, -0.2) is 20.8 Å². The maximum atomic E-state index is 12.3. The number of hydrogen-bond acceptors (Lipinski definition) is 4. The highest BCUT2D eigenvalue weighted by atomic mass is 16.2. The Morgan fingerprint density at radius 2 is 2.14 bits per heavy atom. The highest BCUT2D eigenvalue weighted by Gasteiger charge is 2.24. The number of amides is 1. The molecule has 1 aliphatic heterocycles. The smallest absolute Gasteiger partial charge is 0.223 e. The number of carbonyl (C=O) groups excluding carboxylic acids is 1. The largest absolute Gasteiger partial charge is 0.368 e. The van der Waals surface area contributed by atoms with E-state index < -0.39 is 0 Å². The summed E-state index contributed by atoms with van der Waals surface area (Å²) in [6.07, 6.45) is 3.00. The molecule has 0 fully saturated rings. The Labute approximate surface area is 123 Å². The van der Waals surface area contributed by atoms with Gasteiger partial charge in [0.05, 0.1) is 12.2 Å². The molecule has 108 valence electrons. The van der Waals surface area contributed by atoms with Crippen LogP contribution in [0, 0.1) is 6.92 Å². The average molecular weight is 282 g/mol. The van der Waals surface area contributed by atoms with Crippen LogP contribution in [-0.2, 0) is 24.3 Å². The second kappa shape index (κ2) is 5.52. The first kappa shape index (κ1) is 13.5. The summed E-state index contributed by atoms with van der Waals surface area (Å²) >= 11 is 0. The number of aromatic nitrogens is 2. The number of fused-ring (bicyclic) bond motifs is 1. The summed E-state index contributed by atoms with van der Waals surface area (Å²) in [5.74, 6) is 0.415. The highest BCUT2D eigenvalue weighted by molar-refractivity contribution is 5.77. The zero-order valence-electron chi connectivity index (χ0n) is 12.0. The first-order valence-electron chi connectivity index (χ1n) is 7.06. The van der Waals surface area contributed by atoms with E-state index in [0.29, 0.717) is 19.5 Å². The lowest BCUT2D eigenvalue weighted by Gasteiger charge is -2.15. The fourth-order valence-corrected chi connectivity index (χ4v) is 2.64. The molecule has 0 atom stereocenters. The maximum Gasteiger partial charge on any atom is 0.223 e. The van der Waals surface area contributed by atoms with Gasteiger partial charge in [0.2, 0.25) is 11.9 Å². The summed E-state index contributed by atoms with van der Waals surface area (Å²) < 4.78 is 0. The van der Waals surface area contributed by atoms with Crippen LogP contribution in [0.2, 0.25) is 0 Å². The number of nitrogens with two attached hydrogens (primary N) is 1. The number of nitrogen functional groups attached to an aromatic ring is 1. The van der Waals surface area contributed by atoms with Crippen LogP contribution in [0.1, 0.15) is 28.8 Å². The lowest BCUT2D eigenvalue weighted by molar-refractivity contribution is -0.131. The predicted molar refractivity (Wildman–Crippen MR) is 80.2 cm³/mol. The second-order valence-corrected chi connectivity index (χ2v) is 5.38. The van der Waals surface area contributed by atoms with Gasteiger partial charge in [-0.2, -0.15) is 0 Å². The number of aryl methyl sites for hydroxylation is 2. The molecule has 1 aliphatic rings. The van der Waals surface area contributed by atoms with Crippen molar-refractivity contribution in [1.29, 1.82) is 0 Å². The molecule has 1 amide bonds. The minimum atomic E-state index is 0.148. The Hall–Kier alpha value is -2.43. The fourth-order valence-electron chi connectivity index (χ4n) is 2.64. The van der Waals surface area contributed by atoms with Crippen LogP contribution in [0.4, 0.5) is 5.95 Å². The molecular weight excluding hydrogens is 264 g/mol. The third-order valence-corrected chi connectivity index (χ3v) is 3.90. The zero-order valence-corrected chi connectivity index (χ0v) is 12.0. The molecule has 5 heteroatoms. The molecule has 2 heterocycles. The molecule has 1 aromatic heterocycles. The van der Waals surface area contributed by atoms with Crippen molar-refractivity contribution in [1.82, 2.24) is 14.9 Å². The quantitative estimate of drug-likeness (QED) is 0.932. The van der Waals surface area contributed by atoms with Crippen LogP contribution in [0.25, 0.3) is 0 Å². The molecule has 0 saturated carbocycles. The maximum absolute atomic E-state index is 12.3. The normalized spacial score (nSPS) is 13.3. The average Bonchev–Trinajstić information content (AvgIpc) is 2.89. The summed E-state index contributed by atoms with van der Waals surface area (Å²) in [6.45, 7) is 3.20. The van der Waals surface area contributed by atoms with E-state index in [4.69, 9.17) is 5.73 Å². The van der Waals surface area contributed by atoms with Crippen LogP contribution in [0.5, 0.6) is 0 Å². The van der Waals surface area contributed by atoms with E-state index in [9.17, 15) is 4.79 Å². The Morgan fingerprint density at radius 3 is 2.95 bits per heavy atom. The van der Waals surface area contributed by atoms with E-state index in [1.54, 1.807) is 6.20 Å². The highest BCUT2D eigenvalue weighted by Crippen LogP contribution is 2.22. The number of nitrogens with zero attached hydrogens (tertiary/aromatic N) is 3. The van der Waals surface area contributed by atoms with Crippen molar-refractivity contribution in [3.8, 4) is 0 Å². The summed E-state index contributed by atoms with van der Waals surface area (Å²) in [4.78, 5) is 22.3. The van der Waals surface area contributed by atoms with Gasteiger partial charge in [-0.25, -0.2) is 9.97 Å². The van der Waals surface area contributed by atoms with Crippen LogP contribution >= 0.6 is 0 Å². The van der Waals surface area contributed by atoms with Crippen LogP contribution in [0.3, 0.4) is 0 Å². The molecule has 1 aromatic carbocycles. The standard InChI is InChI=1S/C16H18N4O/c1-11-4-2-3-5-12(11)6-7-15(21)20-9-13-8-18-16(17)19-14(13)10-20/h2-5,8H,6-7,9-10H2,1H3,(H2,17,18,19). The first-order valence-corrected chi connectivity index (χ1v) is 7.06. The fraction of sp³-hybridized carbons (Fsp3) is 0.312. The molecule has 0 bridgehead atoms. The molecule has 3 rings (SSSR count). The Balaban J connectivity index is 1.62. The van der Waals surface area contributed by atoms with Gasteiger partial charge >= 0.3 is 0 Å². The van der Waals surface area contributed by atoms with E-state index in [-0.39, 0.29) is 11.9 Å². The lowest BCUT2D eigenvalue weighted by atomic mass is 10.0. The molecule has 0 saturated heterocycles. The van der Waals surface area contributed by atoms with Crippen molar-refractivity contribution in [2.24, 2.45) is 0 Å². The first-order chi connectivity index (χ1) is 10.1. The van der Waals surface area contributed by atoms with Gasteiger partial charge in [0.25, 0.3) is 0 Å². The Kier molecular flexibility index (Phi) is 3.56. The van der Waals surface area contributed by atoms with Crippen molar-refractivity contribution in [3.05, 3.63) is 52.8 Å². The van der Waals surface area contributed by atoms with Gasteiger partial charge in [-0.05, 0) is 24.5 Å². The van der Waals surface area contributed by atoms with E-state index in [1.807, 2.05) is 17.0 Å². The van der Waals surface area contributed by atoms with Crippen molar-refractivity contribution < 1.29 is 4.79 Å². The summed E-state index contributed by atoms with van der Waals surface area (Å²) in [7, 11) is 0. The van der Waals surface area contributed by atoms with Crippen LogP contribution < -0.4 is 5.73 Å². The van der Waals surface area contributed by atoms with E-state index in [1.165, 1.54) is 11.1 Å². The molecule has 2 aromatic rings. The topological polar surface area (TPSA) is 72.1 Å². The summed E-state index contributed by atoms with van der Waals surface area (Å²) in [5, 5.41) is 0. The van der Waals surface area contributed by atoms with Crippen LogP contribution in [0.15, 0.2) is 30.5 Å². The van der Waals surface area contributed by atoms with Gasteiger partial charge in [-0.1, -0.05) is 24.3 Å². The Morgan fingerprint density at radius 1 is 1.33 bits per heavy atom. The number of anilines is 1. The molecule has 0 spiro atoms. The summed E-state index contributed by atoms with van der Waals surface area (Å²) in [6, 6.07) is 8.18. The third kappa shape index (κ3) is 2.86. The number of carbonyl (C=O) groups is 1. The molecule has 0 radical (unpaired) electrons. The van der Waals surface area contributed by atoms with Gasteiger partial charge in [0, 0.05) is 24.7 Å². The van der Waals surface area contributed by atoms with Crippen molar-refractivity contribution in [2.75, 3.05) is 5.73 Å². The predicted octanol–water partition coefficient (Wildman–Crippen LogP) is 1.84. The molecular formula is C16H18N4O. The molecule has 0 aliphatic carbocycles. The van der Waals surface area contributed by atoms with E-state index >= 15 is 0 Å². The van der Waals surface area contributed by atoms with Gasteiger partial charge < -0.3 is 10.6 Å².